The first kappa shape index (κ1) is 9.49. The molecule has 1 aromatic carbocycles. The van der Waals surface area contributed by atoms with Crippen molar-refractivity contribution >= 4 is 22.5 Å². The van der Waals surface area contributed by atoms with Gasteiger partial charge < -0.3 is 5.11 Å². The number of nitrogens with zero attached hydrogens (tertiary/aromatic N) is 2. The first-order valence-corrected chi connectivity index (χ1v) is 4.78. The maximum Gasteiger partial charge on any atom is 0.159 e. The summed E-state index contributed by atoms with van der Waals surface area (Å²) in [6, 6.07) is 5.68. The van der Waals surface area contributed by atoms with E-state index in [-0.39, 0.29) is 0 Å². The Morgan fingerprint density at radius 2 is 2.21 bits per heavy atom. The second kappa shape index (κ2) is 3.26. The van der Waals surface area contributed by atoms with E-state index in [2.05, 4.69) is 5.10 Å². The Kier molecular flexibility index (Phi) is 2.21. The van der Waals surface area contributed by atoms with Gasteiger partial charge in [0, 0.05) is 12.4 Å². The monoisotopic (exact) mass is 210 g/mol. The van der Waals surface area contributed by atoms with Gasteiger partial charge >= 0.3 is 0 Å². The highest BCUT2D eigenvalue weighted by atomic mass is 35.5. The number of hydrogen-bond acceptors (Lipinski definition) is 2. The van der Waals surface area contributed by atoms with Crippen molar-refractivity contribution in [1.29, 1.82) is 0 Å². The molecular formula is C10H11ClN2O. The highest BCUT2D eigenvalue weighted by Crippen LogP contribution is 2.29. The van der Waals surface area contributed by atoms with Crippen molar-refractivity contribution < 1.29 is 5.11 Å². The molecule has 0 bridgehead atoms. The Morgan fingerprint density at radius 3 is 2.86 bits per heavy atom. The van der Waals surface area contributed by atoms with Crippen molar-refractivity contribution in [3.8, 4) is 0 Å². The van der Waals surface area contributed by atoms with E-state index >= 15 is 0 Å². The third-order valence-electron chi connectivity index (χ3n) is 2.32. The zero-order valence-corrected chi connectivity index (χ0v) is 8.78. The molecule has 0 aliphatic rings. The maximum atomic E-state index is 9.56. The summed E-state index contributed by atoms with van der Waals surface area (Å²) < 4.78 is 1.71. The number of benzene rings is 1. The molecule has 1 heterocycles. The Labute approximate surface area is 86.9 Å². The molecule has 2 aromatic rings. The van der Waals surface area contributed by atoms with Crippen LogP contribution in [0.1, 0.15) is 18.6 Å². The van der Waals surface area contributed by atoms with E-state index in [4.69, 9.17) is 11.6 Å². The van der Waals surface area contributed by atoms with Gasteiger partial charge in [0.1, 0.15) is 0 Å². The van der Waals surface area contributed by atoms with E-state index in [9.17, 15) is 5.11 Å². The van der Waals surface area contributed by atoms with Crippen LogP contribution in [0.2, 0.25) is 5.15 Å². The fourth-order valence-corrected chi connectivity index (χ4v) is 1.95. The number of aliphatic hydroxyl groups is 1. The van der Waals surface area contributed by atoms with Crippen molar-refractivity contribution in [2.75, 3.05) is 0 Å². The molecule has 1 N–H and O–H groups in total. The predicted molar refractivity (Wildman–Crippen MR) is 56.4 cm³/mol. The van der Waals surface area contributed by atoms with E-state index in [0.717, 1.165) is 16.5 Å². The van der Waals surface area contributed by atoms with Gasteiger partial charge in [-0.25, -0.2) is 0 Å². The summed E-state index contributed by atoms with van der Waals surface area (Å²) in [5.74, 6) is 0. The SMILES string of the molecule is CC(O)c1cccc2c1c(Cl)nn2C. The Bertz CT molecular complexity index is 476. The Balaban J connectivity index is 2.85. The highest BCUT2D eigenvalue weighted by molar-refractivity contribution is 6.34. The summed E-state index contributed by atoms with van der Waals surface area (Å²) in [4.78, 5) is 0. The summed E-state index contributed by atoms with van der Waals surface area (Å²) in [5.41, 5.74) is 1.76. The Morgan fingerprint density at radius 1 is 1.50 bits per heavy atom. The number of aromatic nitrogens is 2. The zero-order chi connectivity index (χ0) is 10.3. The molecule has 14 heavy (non-hydrogen) atoms. The molecule has 3 nitrogen and oxygen atoms in total. The van der Waals surface area contributed by atoms with E-state index < -0.39 is 6.10 Å². The van der Waals surface area contributed by atoms with Crippen molar-refractivity contribution in [3.05, 3.63) is 28.9 Å². The van der Waals surface area contributed by atoms with E-state index in [1.54, 1.807) is 11.6 Å². The lowest BCUT2D eigenvalue weighted by Gasteiger charge is -2.05. The number of rotatable bonds is 1. The first-order valence-electron chi connectivity index (χ1n) is 4.40. The summed E-state index contributed by atoms with van der Waals surface area (Å²) in [7, 11) is 1.83. The first-order chi connectivity index (χ1) is 6.61. The third-order valence-corrected chi connectivity index (χ3v) is 2.58. The largest absolute Gasteiger partial charge is 0.389 e. The van der Waals surface area contributed by atoms with E-state index in [1.807, 2.05) is 25.2 Å². The molecular weight excluding hydrogens is 200 g/mol. The minimum absolute atomic E-state index is 0.444. The number of halogens is 1. The van der Waals surface area contributed by atoms with Crippen molar-refractivity contribution in [2.45, 2.75) is 13.0 Å². The molecule has 0 saturated heterocycles. The quantitative estimate of drug-likeness (QED) is 0.784. The summed E-state index contributed by atoms with van der Waals surface area (Å²) in [5, 5.41) is 14.9. The number of fused-ring (bicyclic) bond motifs is 1. The van der Waals surface area contributed by atoms with Gasteiger partial charge in [0.15, 0.2) is 5.15 Å². The molecule has 0 fully saturated rings. The molecule has 2 rings (SSSR count). The molecule has 1 unspecified atom stereocenters. The van der Waals surface area contributed by atoms with Crippen LogP contribution < -0.4 is 0 Å². The zero-order valence-electron chi connectivity index (χ0n) is 8.03. The molecule has 74 valence electrons. The van der Waals surface area contributed by atoms with Crippen LogP contribution in [0.25, 0.3) is 10.9 Å². The second-order valence-corrected chi connectivity index (χ2v) is 3.69. The van der Waals surface area contributed by atoms with Crippen molar-refractivity contribution in [1.82, 2.24) is 9.78 Å². The molecule has 0 radical (unpaired) electrons. The lowest BCUT2D eigenvalue weighted by atomic mass is 10.1. The minimum Gasteiger partial charge on any atom is -0.389 e. The highest BCUT2D eigenvalue weighted by Gasteiger charge is 2.13. The fourth-order valence-electron chi connectivity index (χ4n) is 1.64. The third kappa shape index (κ3) is 1.29. The van der Waals surface area contributed by atoms with Crippen LogP contribution in [0, 0.1) is 0 Å². The average molecular weight is 211 g/mol. The molecule has 1 aromatic heterocycles. The van der Waals surface area contributed by atoms with E-state index in [0.29, 0.717) is 5.15 Å². The molecule has 0 saturated carbocycles. The van der Waals surface area contributed by atoms with Crippen LogP contribution in [0.15, 0.2) is 18.2 Å². The van der Waals surface area contributed by atoms with Crippen LogP contribution in [-0.2, 0) is 7.05 Å². The topological polar surface area (TPSA) is 38.1 Å². The molecule has 4 heteroatoms. The average Bonchev–Trinajstić information content (AvgIpc) is 2.43. The summed E-state index contributed by atoms with van der Waals surface area (Å²) >= 11 is 5.98. The van der Waals surface area contributed by atoms with Crippen molar-refractivity contribution in [2.24, 2.45) is 7.05 Å². The van der Waals surface area contributed by atoms with Crippen LogP contribution in [0.4, 0.5) is 0 Å². The smallest absolute Gasteiger partial charge is 0.159 e. The van der Waals surface area contributed by atoms with Crippen LogP contribution in [-0.4, -0.2) is 14.9 Å². The van der Waals surface area contributed by atoms with Crippen LogP contribution in [0.5, 0.6) is 0 Å². The summed E-state index contributed by atoms with van der Waals surface area (Å²) in [6.45, 7) is 1.72. The lowest BCUT2D eigenvalue weighted by Crippen LogP contribution is -1.92. The van der Waals surface area contributed by atoms with Gasteiger partial charge in [-0.15, -0.1) is 0 Å². The number of aryl methyl sites for hydroxylation is 1. The van der Waals surface area contributed by atoms with Crippen LogP contribution >= 0.6 is 11.6 Å². The Hall–Kier alpha value is -1.06. The molecule has 0 aliphatic carbocycles. The lowest BCUT2D eigenvalue weighted by molar-refractivity contribution is 0.201. The van der Waals surface area contributed by atoms with E-state index in [1.165, 1.54) is 0 Å². The normalized spacial score (nSPS) is 13.4. The van der Waals surface area contributed by atoms with Gasteiger partial charge in [-0.3, -0.25) is 4.68 Å². The number of aliphatic hydroxyl groups excluding tert-OH is 1. The van der Waals surface area contributed by atoms with Gasteiger partial charge in [-0.1, -0.05) is 23.7 Å². The number of hydrogen-bond donors (Lipinski definition) is 1. The van der Waals surface area contributed by atoms with Gasteiger partial charge in [0.2, 0.25) is 0 Å². The van der Waals surface area contributed by atoms with Crippen LogP contribution in [0.3, 0.4) is 0 Å². The standard InChI is InChI=1S/C10H11ClN2O/c1-6(14)7-4-3-5-8-9(7)10(11)12-13(8)2/h3-6,14H,1-2H3. The molecule has 0 amide bonds. The summed E-state index contributed by atoms with van der Waals surface area (Å²) in [6.07, 6.45) is -0.527. The fraction of sp³-hybridized carbons (Fsp3) is 0.300. The predicted octanol–water partition coefficient (Wildman–Crippen LogP) is 2.28. The minimum atomic E-state index is -0.527. The van der Waals surface area contributed by atoms with Gasteiger partial charge in [0.05, 0.1) is 11.6 Å². The molecule has 0 spiro atoms. The second-order valence-electron chi connectivity index (χ2n) is 3.33. The maximum absolute atomic E-state index is 9.56. The molecule has 1 atom stereocenters. The van der Waals surface area contributed by atoms with Gasteiger partial charge in [-0.2, -0.15) is 5.10 Å². The van der Waals surface area contributed by atoms with Gasteiger partial charge in [0.25, 0.3) is 0 Å². The molecule has 0 aliphatic heterocycles. The van der Waals surface area contributed by atoms with Crippen molar-refractivity contribution in [3.63, 3.8) is 0 Å². The van der Waals surface area contributed by atoms with Gasteiger partial charge in [-0.05, 0) is 18.6 Å².